The first-order valence-corrected chi connectivity index (χ1v) is 5.22. The van der Waals surface area contributed by atoms with E-state index in [1.807, 2.05) is 19.4 Å². The van der Waals surface area contributed by atoms with Gasteiger partial charge < -0.3 is 4.57 Å². The Morgan fingerprint density at radius 3 is 2.73 bits per heavy atom. The van der Waals surface area contributed by atoms with Gasteiger partial charge in [-0.1, -0.05) is 36.8 Å². The summed E-state index contributed by atoms with van der Waals surface area (Å²) in [5.41, 5.74) is 2.62. The molecule has 0 aliphatic heterocycles. The molecule has 0 aliphatic rings. The smallest absolute Gasteiger partial charge is 0.115 e. The van der Waals surface area contributed by atoms with Gasteiger partial charge in [-0.05, 0) is 12.5 Å². The van der Waals surface area contributed by atoms with Crippen LogP contribution in [0.1, 0.15) is 29.8 Å². The first-order chi connectivity index (χ1) is 7.18. The molecule has 2 rings (SSSR count). The van der Waals surface area contributed by atoms with Crippen molar-refractivity contribution in [1.82, 2.24) is 9.55 Å². The third kappa shape index (κ3) is 1.94. The predicted molar refractivity (Wildman–Crippen MR) is 61.9 cm³/mol. The molecule has 0 bridgehead atoms. The second-order valence-corrected chi connectivity index (χ2v) is 4.03. The number of aromatic nitrogens is 2. The van der Waals surface area contributed by atoms with Crippen molar-refractivity contribution in [3.63, 3.8) is 0 Å². The summed E-state index contributed by atoms with van der Waals surface area (Å²) < 4.78 is 2.08. The van der Waals surface area contributed by atoms with Crippen molar-refractivity contribution >= 4 is 0 Å². The summed E-state index contributed by atoms with van der Waals surface area (Å²) in [6.45, 7) is 4.31. The Balaban J connectivity index is 2.36. The Hall–Kier alpha value is -1.57. The van der Waals surface area contributed by atoms with Crippen LogP contribution in [-0.4, -0.2) is 9.55 Å². The number of aryl methyl sites for hydroxylation is 2. The molecule has 15 heavy (non-hydrogen) atoms. The maximum atomic E-state index is 4.38. The van der Waals surface area contributed by atoms with E-state index >= 15 is 0 Å². The zero-order valence-corrected chi connectivity index (χ0v) is 9.44. The van der Waals surface area contributed by atoms with Crippen molar-refractivity contribution < 1.29 is 0 Å². The van der Waals surface area contributed by atoms with Crippen LogP contribution >= 0.6 is 0 Å². The van der Waals surface area contributed by atoms with Crippen LogP contribution in [0, 0.1) is 6.92 Å². The molecular weight excluding hydrogens is 184 g/mol. The minimum atomic E-state index is 0.352. The number of hydrogen-bond donors (Lipinski definition) is 0. The van der Waals surface area contributed by atoms with Gasteiger partial charge in [-0.3, -0.25) is 0 Å². The van der Waals surface area contributed by atoms with Gasteiger partial charge in [-0.2, -0.15) is 0 Å². The number of hydrogen-bond acceptors (Lipinski definition) is 1. The highest BCUT2D eigenvalue weighted by atomic mass is 15.0. The molecule has 0 saturated heterocycles. The molecule has 0 amide bonds. The fourth-order valence-corrected chi connectivity index (χ4v) is 1.88. The maximum Gasteiger partial charge on any atom is 0.115 e. The zero-order chi connectivity index (χ0) is 10.8. The number of nitrogens with zero attached hydrogens (tertiary/aromatic N) is 2. The lowest BCUT2D eigenvalue weighted by Gasteiger charge is -2.12. The number of imidazole rings is 1. The third-order valence-electron chi connectivity index (χ3n) is 2.79. The normalized spacial score (nSPS) is 12.7. The molecule has 0 aliphatic carbocycles. The lowest BCUT2D eigenvalue weighted by atomic mass is 9.99. The highest BCUT2D eigenvalue weighted by Gasteiger charge is 2.12. The molecule has 0 N–H and O–H groups in total. The van der Waals surface area contributed by atoms with Gasteiger partial charge in [0.1, 0.15) is 5.82 Å². The van der Waals surface area contributed by atoms with Gasteiger partial charge in [0.15, 0.2) is 0 Å². The van der Waals surface area contributed by atoms with E-state index in [0.29, 0.717) is 5.92 Å². The van der Waals surface area contributed by atoms with Gasteiger partial charge in [0, 0.05) is 25.4 Å². The van der Waals surface area contributed by atoms with Gasteiger partial charge in [0.2, 0.25) is 0 Å². The highest BCUT2D eigenvalue weighted by molar-refractivity contribution is 5.29. The molecule has 2 aromatic rings. The molecule has 78 valence electrons. The summed E-state index contributed by atoms with van der Waals surface area (Å²) in [6.07, 6.45) is 3.84. The Bertz CT molecular complexity index is 457. The molecule has 2 heteroatoms. The van der Waals surface area contributed by atoms with Gasteiger partial charge in [0.05, 0.1) is 0 Å². The molecule has 0 saturated carbocycles. The summed E-state index contributed by atoms with van der Waals surface area (Å²) >= 11 is 0. The van der Waals surface area contributed by atoms with Gasteiger partial charge >= 0.3 is 0 Å². The highest BCUT2D eigenvalue weighted by Crippen LogP contribution is 2.22. The molecule has 1 atom stereocenters. The molecule has 0 fully saturated rings. The molecule has 1 aromatic heterocycles. The molecule has 2 nitrogen and oxygen atoms in total. The lowest BCUT2D eigenvalue weighted by molar-refractivity contribution is 0.739. The molecule has 0 radical (unpaired) electrons. The summed E-state index contributed by atoms with van der Waals surface area (Å²) in [4.78, 5) is 4.38. The maximum absolute atomic E-state index is 4.38. The summed E-state index contributed by atoms with van der Waals surface area (Å²) in [5.74, 6) is 1.46. The summed E-state index contributed by atoms with van der Waals surface area (Å²) in [5, 5.41) is 0. The van der Waals surface area contributed by atoms with E-state index in [1.165, 1.54) is 11.1 Å². The van der Waals surface area contributed by atoms with Crippen LogP contribution in [-0.2, 0) is 7.05 Å². The summed E-state index contributed by atoms with van der Waals surface area (Å²) in [6, 6.07) is 8.60. The molecule has 0 unspecified atom stereocenters. The fraction of sp³-hybridized carbons (Fsp3) is 0.308. The Morgan fingerprint density at radius 1 is 1.33 bits per heavy atom. The van der Waals surface area contributed by atoms with Crippen LogP contribution in [0.25, 0.3) is 0 Å². The third-order valence-corrected chi connectivity index (χ3v) is 2.79. The number of benzene rings is 1. The van der Waals surface area contributed by atoms with Crippen molar-refractivity contribution in [3.8, 4) is 0 Å². The Labute approximate surface area is 90.6 Å². The van der Waals surface area contributed by atoms with Gasteiger partial charge in [-0.25, -0.2) is 4.98 Å². The predicted octanol–water partition coefficient (Wildman–Crippen LogP) is 2.88. The van der Waals surface area contributed by atoms with E-state index in [9.17, 15) is 0 Å². The van der Waals surface area contributed by atoms with Crippen molar-refractivity contribution in [1.29, 1.82) is 0 Å². The van der Waals surface area contributed by atoms with Gasteiger partial charge in [0.25, 0.3) is 0 Å². The second kappa shape index (κ2) is 3.89. The standard InChI is InChI=1S/C13H16N2/c1-10-5-4-6-12(9-10)11(2)13-14-7-8-15(13)3/h4-9,11H,1-3H3/t11-/m1/s1. The largest absolute Gasteiger partial charge is 0.338 e. The Morgan fingerprint density at radius 2 is 2.13 bits per heavy atom. The van der Waals surface area contributed by atoms with Crippen molar-refractivity contribution in [2.45, 2.75) is 19.8 Å². The van der Waals surface area contributed by atoms with E-state index < -0.39 is 0 Å². The van der Waals surface area contributed by atoms with Crippen molar-refractivity contribution in [2.24, 2.45) is 7.05 Å². The Kier molecular flexibility index (Phi) is 2.58. The van der Waals surface area contributed by atoms with Crippen molar-refractivity contribution in [3.05, 3.63) is 53.6 Å². The average molecular weight is 200 g/mol. The van der Waals surface area contributed by atoms with E-state index in [0.717, 1.165) is 5.82 Å². The van der Waals surface area contributed by atoms with Crippen LogP contribution in [0.2, 0.25) is 0 Å². The minimum absolute atomic E-state index is 0.352. The topological polar surface area (TPSA) is 17.8 Å². The van der Waals surface area contributed by atoms with E-state index in [4.69, 9.17) is 0 Å². The monoisotopic (exact) mass is 200 g/mol. The van der Waals surface area contributed by atoms with Gasteiger partial charge in [-0.15, -0.1) is 0 Å². The SMILES string of the molecule is Cc1cccc([C@@H](C)c2nccn2C)c1. The van der Waals surface area contributed by atoms with Crippen molar-refractivity contribution in [2.75, 3.05) is 0 Å². The number of rotatable bonds is 2. The summed E-state index contributed by atoms with van der Waals surface area (Å²) in [7, 11) is 2.04. The molecule has 1 aromatic carbocycles. The van der Waals surface area contributed by atoms with Crippen LogP contribution in [0.15, 0.2) is 36.7 Å². The van der Waals surface area contributed by atoms with Crippen LogP contribution in [0.3, 0.4) is 0 Å². The minimum Gasteiger partial charge on any atom is -0.338 e. The van der Waals surface area contributed by atoms with E-state index in [1.54, 1.807) is 0 Å². The van der Waals surface area contributed by atoms with Crippen LogP contribution in [0.4, 0.5) is 0 Å². The molecule has 1 heterocycles. The van der Waals surface area contributed by atoms with E-state index in [2.05, 4.69) is 47.7 Å². The molecular formula is C13H16N2. The first kappa shape index (κ1) is 9.97. The quantitative estimate of drug-likeness (QED) is 0.729. The fourth-order valence-electron chi connectivity index (χ4n) is 1.88. The average Bonchev–Trinajstić information content (AvgIpc) is 2.63. The lowest BCUT2D eigenvalue weighted by Crippen LogP contribution is -2.04. The zero-order valence-electron chi connectivity index (χ0n) is 9.44. The molecule has 0 spiro atoms. The van der Waals surface area contributed by atoms with Crippen LogP contribution < -0.4 is 0 Å². The first-order valence-electron chi connectivity index (χ1n) is 5.22. The second-order valence-electron chi connectivity index (χ2n) is 4.03. The van der Waals surface area contributed by atoms with Crippen LogP contribution in [0.5, 0.6) is 0 Å². The van der Waals surface area contributed by atoms with E-state index in [-0.39, 0.29) is 0 Å².